The summed E-state index contributed by atoms with van der Waals surface area (Å²) in [4.78, 5) is 14.2. The van der Waals surface area contributed by atoms with Crippen molar-refractivity contribution >= 4 is 27.3 Å². The monoisotopic (exact) mass is 396 g/mol. The lowest BCUT2D eigenvalue weighted by Gasteiger charge is -2.37. The van der Waals surface area contributed by atoms with Crippen LogP contribution in [-0.2, 0) is 21.2 Å². The molecule has 1 spiro atoms. The second-order valence-corrected chi connectivity index (χ2v) is 11.4. The van der Waals surface area contributed by atoms with Crippen LogP contribution in [0.25, 0.3) is 0 Å². The van der Waals surface area contributed by atoms with E-state index in [1.165, 1.54) is 11.3 Å². The molecule has 1 aromatic rings. The van der Waals surface area contributed by atoms with Gasteiger partial charge in [-0.3, -0.25) is 4.79 Å². The molecular formula is C19H28N2O3S2. The SMILES string of the molecule is O=C(NCCc1cccs1)[C@@H]1CN(S(=O)(=O)C2CC2)CC12CCCCC2. The first-order chi connectivity index (χ1) is 12.5. The summed E-state index contributed by atoms with van der Waals surface area (Å²) in [6, 6.07) is 4.11. The minimum absolute atomic E-state index is 0.0527. The Hall–Kier alpha value is -0.920. The molecule has 3 aliphatic rings. The van der Waals surface area contributed by atoms with Crippen molar-refractivity contribution < 1.29 is 13.2 Å². The second-order valence-electron chi connectivity index (χ2n) is 8.13. The predicted octanol–water partition coefficient (Wildman–Crippen LogP) is 2.78. The predicted molar refractivity (Wildman–Crippen MR) is 104 cm³/mol. The number of rotatable bonds is 6. The lowest BCUT2D eigenvalue weighted by molar-refractivity contribution is -0.128. The highest BCUT2D eigenvalue weighted by molar-refractivity contribution is 7.90. The molecular weight excluding hydrogens is 368 g/mol. The normalized spacial score (nSPS) is 26.2. The summed E-state index contributed by atoms with van der Waals surface area (Å²) in [6.07, 6.45) is 7.77. The summed E-state index contributed by atoms with van der Waals surface area (Å²) >= 11 is 1.70. The third kappa shape index (κ3) is 3.58. The molecule has 5 nitrogen and oxygen atoms in total. The molecule has 0 radical (unpaired) electrons. The van der Waals surface area contributed by atoms with E-state index in [2.05, 4.69) is 11.4 Å². The largest absolute Gasteiger partial charge is 0.355 e. The van der Waals surface area contributed by atoms with Crippen LogP contribution in [0.5, 0.6) is 0 Å². The van der Waals surface area contributed by atoms with E-state index in [0.717, 1.165) is 44.9 Å². The van der Waals surface area contributed by atoms with Crippen LogP contribution >= 0.6 is 11.3 Å². The molecule has 26 heavy (non-hydrogen) atoms. The fraction of sp³-hybridized carbons (Fsp3) is 0.737. The average molecular weight is 397 g/mol. The Morgan fingerprint density at radius 3 is 2.69 bits per heavy atom. The second kappa shape index (κ2) is 7.24. The number of nitrogens with one attached hydrogen (secondary N) is 1. The Labute approximate surface area is 160 Å². The van der Waals surface area contributed by atoms with Crippen molar-refractivity contribution in [2.24, 2.45) is 11.3 Å². The Morgan fingerprint density at radius 2 is 2.04 bits per heavy atom. The van der Waals surface area contributed by atoms with Gasteiger partial charge in [0.15, 0.2) is 0 Å². The number of thiophene rings is 1. The van der Waals surface area contributed by atoms with Gasteiger partial charge in [0, 0.05) is 24.5 Å². The quantitative estimate of drug-likeness (QED) is 0.804. The van der Waals surface area contributed by atoms with E-state index in [1.54, 1.807) is 15.6 Å². The van der Waals surface area contributed by atoms with E-state index in [4.69, 9.17) is 0 Å². The third-order valence-corrected chi connectivity index (χ3v) is 9.59. The van der Waals surface area contributed by atoms with Crippen LogP contribution in [0, 0.1) is 11.3 Å². The number of amides is 1. The number of carbonyl (C=O) groups excluding carboxylic acids is 1. The Bertz CT molecular complexity index is 735. The van der Waals surface area contributed by atoms with Gasteiger partial charge in [0.2, 0.25) is 15.9 Å². The number of sulfonamides is 1. The molecule has 0 bridgehead atoms. The number of nitrogens with zero attached hydrogens (tertiary/aromatic N) is 1. The van der Waals surface area contributed by atoms with Crippen molar-refractivity contribution in [3.8, 4) is 0 Å². The molecule has 0 aromatic carbocycles. The fourth-order valence-electron chi connectivity index (χ4n) is 4.70. The van der Waals surface area contributed by atoms with Gasteiger partial charge in [0.1, 0.15) is 0 Å². The minimum atomic E-state index is -3.21. The van der Waals surface area contributed by atoms with Crippen molar-refractivity contribution in [3.63, 3.8) is 0 Å². The van der Waals surface area contributed by atoms with Gasteiger partial charge in [-0.05, 0) is 49.0 Å². The summed E-state index contributed by atoms with van der Waals surface area (Å²) in [5.74, 6) is -0.142. The molecule has 1 aromatic heterocycles. The third-order valence-electron chi connectivity index (χ3n) is 6.34. The number of carbonyl (C=O) groups is 1. The molecule has 7 heteroatoms. The average Bonchev–Trinajstić information content (AvgIpc) is 3.26. The van der Waals surface area contributed by atoms with E-state index in [0.29, 0.717) is 19.6 Å². The van der Waals surface area contributed by atoms with E-state index in [1.807, 2.05) is 11.4 Å². The highest BCUT2D eigenvalue weighted by Gasteiger charge is 2.54. The number of hydrogen-bond donors (Lipinski definition) is 1. The zero-order valence-electron chi connectivity index (χ0n) is 15.2. The van der Waals surface area contributed by atoms with Crippen LogP contribution in [0.15, 0.2) is 17.5 Å². The van der Waals surface area contributed by atoms with Crippen molar-refractivity contribution in [3.05, 3.63) is 22.4 Å². The standard InChI is InChI=1S/C19H28N2O3S2/c22-18(20-11-8-15-5-4-12-25-15)17-13-21(26(23,24)16-6-7-16)14-19(17)9-2-1-3-10-19/h4-5,12,16-17H,1-3,6-11,13-14H2,(H,20,22)/t17-/m0/s1. The molecule has 0 unspecified atom stereocenters. The first-order valence-electron chi connectivity index (χ1n) is 9.80. The van der Waals surface area contributed by atoms with Crippen LogP contribution in [0.3, 0.4) is 0 Å². The van der Waals surface area contributed by atoms with Crippen LogP contribution < -0.4 is 5.32 Å². The van der Waals surface area contributed by atoms with E-state index < -0.39 is 10.0 Å². The van der Waals surface area contributed by atoms with Crippen molar-refractivity contribution in [1.29, 1.82) is 0 Å². The molecule has 3 fully saturated rings. The molecule has 1 saturated heterocycles. The maximum Gasteiger partial charge on any atom is 0.225 e. The molecule has 4 rings (SSSR count). The van der Waals surface area contributed by atoms with Gasteiger partial charge in [0.25, 0.3) is 0 Å². The highest BCUT2D eigenvalue weighted by Crippen LogP contribution is 2.49. The van der Waals surface area contributed by atoms with Crippen molar-refractivity contribution in [2.45, 2.75) is 56.6 Å². The zero-order chi connectivity index (χ0) is 18.2. The molecule has 144 valence electrons. The van der Waals surface area contributed by atoms with Gasteiger partial charge in [-0.15, -0.1) is 11.3 Å². The van der Waals surface area contributed by atoms with Gasteiger partial charge in [-0.1, -0.05) is 25.3 Å². The Kier molecular flexibility index (Phi) is 5.14. The summed E-state index contributed by atoms with van der Waals surface area (Å²) in [5, 5.41) is 4.95. The first kappa shape index (κ1) is 18.4. The maximum atomic E-state index is 13.0. The van der Waals surface area contributed by atoms with Crippen LogP contribution in [0.1, 0.15) is 49.8 Å². The van der Waals surface area contributed by atoms with E-state index >= 15 is 0 Å². The lowest BCUT2D eigenvalue weighted by atomic mass is 9.67. The van der Waals surface area contributed by atoms with Crippen molar-refractivity contribution in [2.75, 3.05) is 19.6 Å². The summed E-state index contributed by atoms with van der Waals surface area (Å²) in [7, 11) is -3.21. The van der Waals surface area contributed by atoms with Gasteiger partial charge >= 0.3 is 0 Å². The molecule has 1 aliphatic heterocycles. The molecule has 2 saturated carbocycles. The molecule has 2 aliphatic carbocycles. The molecule has 1 atom stereocenters. The minimum Gasteiger partial charge on any atom is -0.355 e. The van der Waals surface area contributed by atoms with Crippen LogP contribution in [-0.4, -0.2) is 43.5 Å². The topological polar surface area (TPSA) is 66.5 Å². The van der Waals surface area contributed by atoms with Crippen molar-refractivity contribution in [1.82, 2.24) is 9.62 Å². The molecule has 2 heterocycles. The van der Waals surface area contributed by atoms with Gasteiger partial charge in [-0.2, -0.15) is 0 Å². The van der Waals surface area contributed by atoms with Gasteiger partial charge < -0.3 is 5.32 Å². The number of hydrogen-bond acceptors (Lipinski definition) is 4. The van der Waals surface area contributed by atoms with Gasteiger partial charge in [0.05, 0.1) is 11.2 Å². The van der Waals surface area contributed by atoms with Gasteiger partial charge in [-0.25, -0.2) is 12.7 Å². The first-order valence-corrected chi connectivity index (χ1v) is 12.2. The maximum absolute atomic E-state index is 13.0. The summed E-state index contributed by atoms with van der Waals surface area (Å²) < 4.78 is 27.2. The van der Waals surface area contributed by atoms with E-state index in [-0.39, 0.29) is 22.5 Å². The lowest BCUT2D eigenvalue weighted by Crippen LogP contribution is -2.43. The van der Waals surface area contributed by atoms with E-state index in [9.17, 15) is 13.2 Å². The smallest absolute Gasteiger partial charge is 0.225 e. The molecule has 1 N–H and O–H groups in total. The fourth-order valence-corrected chi connectivity index (χ4v) is 7.36. The Morgan fingerprint density at radius 1 is 1.27 bits per heavy atom. The Balaban J connectivity index is 1.45. The summed E-state index contributed by atoms with van der Waals surface area (Å²) in [6.45, 7) is 1.56. The highest BCUT2D eigenvalue weighted by atomic mass is 32.2. The molecule has 1 amide bonds. The van der Waals surface area contributed by atoms with Crippen LogP contribution in [0.4, 0.5) is 0 Å². The zero-order valence-corrected chi connectivity index (χ0v) is 16.8. The van der Waals surface area contributed by atoms with Crippen LogP contribution in [0.2, 0.25) is 0 Å². The summed E-state index contributed by atoms with van der Waals surface area (Å²) in [5.41, 5.74) is -0.146.